The van der Waals surface area contributed by atoms with Gasteiger partial charge in [0.15, 0.2) is 0 Å². The fourth-order valence-corrected chi connectivity index (χ4v) is 3.18. The maximum Gasteiger partial charge on any atom is 0.244 e. The first-order valence-corrected chi connectivity index (χ1v) is 6.43. The summed E-state index contributed by atoms with van der Waals surface area (Å²) in [5.74, 6) is 0. The van der Waals surface area contributed by atoms with Crippen molar-refractivity contribution in [3.63, 3.8) is 0 Å². The summed E-state index contributed by atoms with van der Waals surface area (Å²) in [7, 11) is -3.30. The lowest BCUT2D eigenvalue weighted by Crippen LogP contribution is -2.42. The Morgan fingerprint density at radius 1 is 1.40 bits per heavy atom. The summed E-state index contributed by atoms with van der Waals surface area (Å²) in [4.78, 5) is 3.08. The van der Waals surface area contributed by atoms with Crippen LogP contribution in [0, 0.1) is 0 Å². The third-order valence-corrected chi connectivity index (χ3v) is 4.60. The molecule has 5 nitrogen and oxygen atoms in total. The van der Waals surface area contributed by atoms with Gasteiger partial charge >= 0.3 is 0 Å². The van der Waals surface area contributed by atoms with Gasteiger partial charge in [-0.05, 0) is 18.9 Å². The minimum Gasteiger partial charge on any atom is -0.366 e. The molecule has 0 bridgehead atoms. The maximum absolute atomic E-state index is 12.0. The van der Waals surface area contributed by atoms with E-state index in [9.17, 15) is 8.42 Å². The molecule has 6 heteroatoms. The summed E-state index contributed by atoms with van der Waals surface area (Å²) in [5, 5.41) is 0. The van der Waals surface area contributed by atoms with E-state index in [0.717, 1.165) is 12.8 Å². The van der Waals surface area contributed by atoms with E-state index in [1.807, 2.05) is 0 Å². The average molecular weight is 229 g/mol. The fraction of sp³-hybridized carbons (Fsp3) is 0.556. The quantitative estimate of drug-likeness (QED) is 0.756. The van der Waals surface area contributed by atoms with Gasteiger partial charge in [-0.1, -0.05) is 0 Å². The molecular formula is C9H15N3O2S. The molecule has 1 aliphatic heterocycles. The normalized spacial score (nSPS) is 20.6. The highest BCUT2D eigenvalue weighted by molar-refractivity contribution is 7.89. The number of sulfonamides is 1. The molecule has 0 atom stereocenters. The van der Waals surface area contributed by atoms with E-state index >= 15 is 0 Å². The molecule has 1 fully saturated rings. The standard InChI is InChI=1S/C9H15N3O2S/c10-8-2-5-12(6-3-8)15(13,14)9-1-4-11-7-9/h1,4,7-8,11H,2-3,5-6,10H2. The van der Waals surface area contributed by atoms with Gasteiger partial charge in [-0.25, -0.2) is 8.42 Å². The zero-order valence-corrected chi connectivity index (χ0v) is 9.20. The molecule has 1 aromatic rings. The monoisotopic (exact) mass is 229 g/mol. The van der Waals surface area contributed by atoms with E-state index in [-0.39, 0.29) is 6.04 Å². The van der Waals surface area contributed by atoms with Crippen molar-refractivity contribution in [2.75, 3.05) is 13.1 Å². The number of H-pyrrole nitrogens is 1. The Hall–Kier alpha value is -0.850. The average Bonchev–Trinajstić information content (AvgIpc) is 2.71. The number of hydrogen-bond acceptors (Lipinski definition) is 3. The molecule has 0 saturated carbocycles. The molecule has 1 aromatic heterocycles. The van der Waals surface area contributed by atoms with E-state index in [1.165, 1.54) is 10.5 Å². The summed E-state index contributed by atoms with van der Waals surface area (Å²) >= 11 is 0. The Kier molecular flexibility index (Phi) is 2.81. The van der Waals surface area contributed by atoms with Crippen LogP contribution >= 0.6 is 0 Å². The number of piperidine rings is 1. The molecule has 15 heavy (non-hydrogen) atoms. The lowest BCUT2D eigenvalue weighted by atomic mass is 10.1. The van der Waals surface area contributed by atoms with Gasteiger partial charge in [-0.15, -0.1) is 0 Å². The third kappa shape index (κ3) is 2.06. The number of aromatic nitrogens is 1. The van der Waals surface area contributed by atoms with Crippen LogP contribution in [-0.2, 0) is 10.0 Å². The van der Waals surface area contributed by atoms with E-state index in [0.29, 0.717) is 18.0 Å². The second kappa shape index (κ2) is 3.96. The van der Waals surface area contributed by atoms with Crippen LogP contribution in [0.15, 0.2) is 23.4 Å². The summed E-state index contributed by atoms with van der Waals surface area (Å²) in [6, 6.07) is 1.71. The van der Waals surface area contributed by atoms with Gasteiger partial charge in [0.1, 0.15) is 0 Å². The smallest absolute Gasteiger partial charge is 0.244 e. The van der Waals surface area contributed by atoms with Crippen LogP contribution in [0.5, 0.6) is 0 Å². The molecule has 0 spiro atoms. The molecule has 1 saturated heterocycles. The van der Waals surface area contributed by atoms with Crippen molar-refractivity contribution >= 4 is 10.0 Å². The highest BCUT2D eigenvalue weighted by atomic mass is 32.2. The SMILES string of the molecule is NC1CCN(S(=O)(=O)c2cc[nH]c2)CC1. The van der Waals surface area contributed by atoms with Gasteiger partial charge in [0.2, 0.25) is 10.0 Å². The minimum absolute atomic E-state index is 0.141. The first-order chi connectivity index (χ1) is 7.10. The van der Waals surface area contributed by atoms with Crippen molar-refractivity contribution in [1.29, 1.82) is 0 Å². The van der Waals surface area contributed by atoms with Crippen LogP contribution in [0.2, 0.25) is 0 Å². The van der Waals surface area contributed by atoms with Gasteiger partial charge in [-0.3, -0.25) is 0 Å². The summed E-state index contributed by atoms with van der Waals surface area (Å²) in [5.41, 5.74) is 5.73. The Balaban J connectivity index is 2.17. The van der Waals surface area contributed by atoms with Crippen molar-refractivity contribution in [1.82, 2.24) is 9.29 Å². The molecule has 84 valence electrons. The van der Waals surface area contributed by atoms with Crippen LogP contribution in [-0.4, -0.2) is 36.8 Å². The van der Waals surface area contributed by atoms with Gasteiger partial charge < -0.3 is 10.7 Å². The summed E-state index contributed by atoms with van der Waals surface area (Å²) < 4.78 is 25.5. The third-order valence-electron chi connectivity index (χ3n) is 2.71. The molecular weight excluding hydrogens is 214 g/mol. The highest BCUT2D eigenvalue weighted by Crippen LogP contribution is 2.19. The molecule has 0 radical (unpaired) electrons. The van der Waals surface area contributed by atoms with E-state index in [1.54, 1.807) is 12.3 Å². The molecule has 0 aliphatic carbocycles. The van der Waals surface area contributed by atoms with Crippen molar-refractivity contribution in [3.8, 4) is 0 Å². The molecule has 2 rings (SSSR count). The van der Waals surface area contributed by atoms with Crippen LogP contribution in [0.3, 0.4) is 0 Å². The van der Waals surface area contributed by atoms with Crippen LogP contribution < -0.4 is 5.73 Å². The largest absolute Gasteiger partial charge is 0.366 e. The van der Waals surface area contributed by atoms with Gasteiger partial charge in [0.05, 0.1) is 4.90 Å². The van der Waals surface area contributed by atoms with E-state index in [2.05, 4.69) is 4.98 Å². The van der Waals surface area contributed by atoms with E-state index in [4.69, 9.17) is 5.73 Å². The first kappa shape index (κ1) is 10.7. The number of nitrogens with zero attached hydrogens (tertiary/aromatic N) is 1. The first-order valence-electron chi connectivity index (χ1n) is 4.99. The molecule has 2 heterocycles. The topological polar surface area (TPSA) is 79.2 Å². The van der Waals surface area contributed by atoms with Crippen LogP contribution in [0.1, 0.15) is 12.8 Å². The Morgan fingerprint density at radius 2 is 2.07 bits per heavy atom. The van der Waals surface area contributed by atoms with Crippen molar-refractivity contribution in [2.45, 2.75) is 23.8 Å². The van der Waals surface area contributed by atoms with E-state index < -0.39 is 10.0 Å². The lowest BCUT2D eigenvalue weighted by molar-refractivity contribution is 0.320. The second-order valence-electron chi connectivity index (χ2n) is 3.79. The molecule has 0 aromatic carbocycles. The predicted molar refractivity (Wildman–Crippen MR) is 56.8 cm³/mol. The summed E-state index contributed by atoms with van der Waals surface area (Å²) in [6.07, 6.45) is 4.60. The number of rotatable bonds is 2. The number of aromatic amines is 1. The Bertz CT molecular complexity index is 405. The number of nitrogens with two attached hydrogens (primary N) is 1. The van der Waals surface area contributed by atoms with Crippen LogP contribution in [0.25, 0.3) is 0 Å². The zero-order chi connectivity index (χ0) is 10.9. The number of nitrogens with one attached hydrogen (secondary N) is 1. The van der Waals surface area contributed by atoms with Gasteiger partial charge in [-0.2, -0.15) is 4.31 Å². The molecule has 1 aliphatic rings. The predicted octanol–water partition coefficient (Wildman–Crippen LogP) is 0.126. The minimum atomic E-state index is -3.30. The van der Waals surface area contributed by atoms with Gasteiger partial charge in [0, 0.05) is 31.5 Å². The van der Waals surface area contributed by atoms with Crippen LogP contribution in [0.4, 0.5) is 0 Å². The number of hydrogen-bond donors (Lipinski definition) is 2. The van der Waals surface area contributed by atoms with Gasteiger partial charge in [0.25, 0.3) is 0 Å². The van der Waals surface area contributed by atoms with Crippen molar-refractivity contribution < 1.29 is 8.42 Å². The Labute approximate surface area is 89.3 Å². The highest BCUT2D eigenvalue weighted by Gasteiger charge is 2.28. The molecule has 3 N–H and O–H groups in total. The molecule has 0 amide bonds. The fourth-order valence-electron chi connectivity index (χ4n) is 1.73. The molecule has 0 unspecified atom stereocenters. The van der Waals surface area contributed by atoms with Crippen molar-refractivity contribution in [3.05, 3.63) is 18.5 Å². The summed E-state index contributed by atoms with van der Waals surface area (Å²) in [6.45, 7) is 1.04. The second-order valence-corrected chi connectivity index (χ2v) is 5.73. The van der Waals surface area contributed by atoms with Crippen molar-refractivity contribution in [2.24, 2.45) is 5.73 Å². The lowest BCUT2D eigenvalue weighted by Gasteiger charge is -2.28. The zero-order valence-electron chi connectivity index (χ0n) is 8.39. The Morgan fingerprint density at radius 3 is 2.60 bits per heavy atom. The maximum atomic E-state index is 12.0.